The lowest BCUT2D eigenvalue weighted by atomic mass is 10.1. The second-order valence-corrected chi connectivity index (χ2v) is 9.35. The standard InChI is InChI=1S/C31H23NO2S/c1-33-24-15-10-16-25(19-24)35-26-20-28(31-27-17-8-9-18-29(27)34-30(31)21-26)32(22-11-4-2-5-12-22)23-13-6-3-7-14-23/h2-21H,1H3. The lowest BCUT2D eigenvalue weighted by Gasteiger charge is -2.26. The summed E-state index contributed by atoms with van der Waals surface area (Å²) in [7, 11) is 1.69. The highest BCUT2D eigenvalue weighted by molar-refractivity contribution is 7.99. The molecule has 0 unspecified atom stereocenters. The van der Waals surface area contributed by atoms with Crippen LogP contribution in [0.1, 0.15) is 0 Å². The Morgan fingerprint density at radius 3 is 2.03 bits per heavy atom. The number of methoxy groups -OCH3 is 1. The van der Waals surface area contributed by atoms with Crippen molar-refractivity contribution in [1.29, 1.82) is 0 Å². The number of ether oxygens (including phenoxy) is 1. The summed E-state index contributed by atoms with van der Waals surface area (Å²) in [4.78, 5) is 4.51. The van der Waals surface area contributed by atoms with Crippen molar-refractivity contribution >= 4 is 50.8 Å². The van der Waals surface area contributed by atoms with Crippen LogP contribution in [0.25, 0.3) is 21.9 Å². The summed E-state index contributed by atoms with van der Waals surface area (Å²) >= 11 is 1.70. The first kappa shape index (κ1) is 21.4. The van der Waals surface area contributed by atoms with Crippen molar-refractivity contribution in [2.45, 2.75) is 9.79 Å². The number of hydrogen-bond acceptors (Lipinski definition) is 4. The highest BCUT2D eigenvalue weighted by atomic mass is 32.2. The van der Waals surface area contributed by atoms with Crippen molar-refractivity contribution in [1.82, 2.24) is 0 Å². The number of benzene rings is 5. The molecule has 0 saturated carbocycles. The average molecular weight is 474 g/mol. The highest BCUT2D eigenvalue weighted by Crippen LogP contribution is 2.45. The topological polar surface area (TPSA) is 25.6 Å². The zero-order valence-electron chi connectivity index (χ0n) is 19.2. The van der Waals surface area contributed by atoms with Gasteiger partial charge < -0.3 is 14.1 Å². The van der Waals surface area contributed by atoms with E-state index >= 15 is 0 Å². The van der Waals surface area contributed by atoms with Gasteiger partial charge in [0.2, 0.25) is 0 Å². The Morgan fingerprint density at radius 1 is 0.629 bits per heavy atom. The molecule has 170 valence electrons. The molecule has 0 bridgehead atoms. The molecule has 6 rings (SSSR count). The molecule has 0 spiro atoms. The molecule has 0 aliphatic rings. The molecule has 6 aromatic rings. The minimum atomic E-state index is 0.843. The Bertz CT molecular complexity index is 1570. The van der Waals surface area contributed by atoms with Gasteiger partial charge in [-0.15, -0.1) is 0 Å². The van der Waals surface area contributed by atoms with E-state index in [0.717, 1.165) is 54.5 Å². The molecule has 0 amide bonds. The second-order valence-electron chi connectivity index (χ2n) is 8.20. The van der Waals surface area contributed by atoms with E-state index in [4.69, 9.17) is 9.15 Å². The van der Waals surface area contributed by atoms with Gasteiger partial charge >= 0.3 is 0 Å². The average Bonchev–Trinajstić information content (AvgIpc) is 3.29. The summed E-state index contributed by atoms with van der Waals surface area (Å²) in [6.07, 6.45) is 0. The Morgan fingerprint density at radius 2 is 1.31 bits per heavy atom. The van der Waals surface area contributed by atoms with Crippen LogP contribution in [0.2, 0.25) is 0 Å². The van der Waals surface area contributed by atoms with Crippen LogP contribution in [0.15, 0.2) is 136 Å². The van der Waals surface area contributed by atoms with E-state index < -0.39 is 0 Å². The number of furan rings is 1. The minimum absolute atomic E-state index is 0.843. The molecular weight excluding hydrogens is 450 g/mol. The van der Waals surface area contributed by atoms with Crippen molar-refractivity contribution < 1.29 is 9.15 Å². The van der Waals surface area contributed by atoms with Crippen LogP contribution >= 0.6 is 11.8 Å². The smallest absolute Gasteiger partial charge is 0.138 e. The molecular formula is C31H23NO2S. The first-order chi connectivity index (χ1) is 17.3. The lowest BCUT2D eigenvalue weighted by molar-refractivity contribution is 0.413. The first-order valence-corrected chi connectivity index (χ1v) is 12.3. The van der Waals surface area contributed by atoms with E-state index in [1.54, 1.807) is 18.9 Å². The first-order valence-electron chi connectivity index (χ1n) is 11.5. The van der Waals surface area contributed by atoms with Crippen LogP contribution in [0.3, 0.4) is 0 Å². The van der Waals surface area contributed by atoms with Crippen LogP contribution in [-0.4, -0.2) is 7.11 Å². The molecule has 0 N–H and O–H groups in total. The maximum atomic E-state index is 6.37. The molecule has 1 heterocycles. The second kappa shape index (κ2) is 9.24. The summed E-state index contributed by atoms with van der Waals surface area (Å²) in [5.41, 5.74) is 5.01. The molecule has 0 fully saturated rings. The van der Waals surface area contributed by atoms with Crippen molar-refractivity contribution in [2.24, 2.45) is 0 Å². The largest absolute Gasteiger partial charge is 0.497 e. The van der Waals surface area contributed by atoms with Gasteiger partial charge in [0.15, 0.2) is 0 Å². The van der Waals surface area contributed by atoms with Gasteiger partial charge in [0.1, 0.15) is 16.9 Å². The van der Waals surface area contributed by atoms with Gasteiger partial charge in [-0.25, -0.2) is 0 Å². The normalized spacial score (nSPS) is 11.1. The number of fused-ring (bicyclic) bond motifs is 3. The van der Waals surface area contributed by atoms with Gasteiger partial charge in [0, 0.05) is 26.6 Å². The Labute approximate surface area is 208 Å². The van der Waals surface area contributed by atoms with Crippen molar-refractivity contribution in [3.8, 4) is 5.75 Å². The van der Waals surface area contributed by atoms with Crippen LogP contribution in [0.4, 0.5) is 17.1 Å². The zero-order valence-corrected chi connectivity index (χ0v) is 20.0. The summed E-state index contributed by atoms with van der Waals surface area (Å²) in [6, 6.07) is 41.7. The quantitative estimate of drug-likeness (QED) is 0.241. The number of rotatable bonds is 6. The van der Waals surface area contributed by atoms with Gasteiger partial charge in [-0.3, -0.25) is 0 Å². The van der Waals surface area contributed by atoms with Gasteiger partial charge in [0.25, 0.3) is 0 Å². The molecule has 5 aromatic carbocycles. The molecule has 0 aliphatic heterocycles. The van der Waals surface area contributed by atoms with Gasteiger partial charge in [0.05, 0.1) is 18.2 Å². The molecule has 3 nitrogen and oxygen atoms in total. The summed E-state index contributed by atoms with van der Waals surface area (Å²) in [5, 5.41) is 2.20. The maximum Gasteiger partial charge on any atom is 0.138 e. The monoisotopic (exact) mass is 473 g/mol. The third kappa shape index (κ3) is 4.13. The summed E-state index contributed by atoms with van der Waals surface area (Å²) < 4.78 is 11.8. The van der Waals surface area contributed by atoms with Crippen LogP contribution < -0.4 is 9.64 Å². The van der Waals surface area contributed by atoms with Gasteiger partial charge in [-0.05, 0) is 60.7 Å². The van der Waals surface area contributed by atoms with E-state index in [9.17, 15) is 0 Å². The summed E-state index contributed by atoms with van der Waals surface area (Å²) in [5.74, 6) is 0.843. The molecule has 4 heteroatoms. The van der Waals surface area contributed by atoms with Crippen molar-refractivity contribution in [2.75, 3.05) is 12.0 Å². The lowest BCUT2D eigenvalue weighted by Crippen LogP contribution is -2.10. The Hall–Kier alpha value is -4.15. The molecule has 35 heavy (non-hydrogen) atoms. The number of para-hydroxylation sites is 3. The molecule has 0 saturated heterocycles. The predicted molar refractivity (Wildman–Crippen MR) is 146 cm³/mol. The van der Waals surface area contributed by atoms with Crippen LogP contribution in [0.5, 0.6) is 5.75 Å². The molecule has 0 atom stereocenters. The van der Waals surface area contributed by atoms with E-state index in [2.05, 4.69) is 89.8 Å². The van der Waals surface area contributed by atoms with Gasteiger partial charge in [-0.1, -0.05) is 72.4 Å². The fourth-order valence-corrected chi connectivity index (χ4v) is 5.36. The fraction of sp³-hybridized carbons (Fsp3) is 0.0323. The summed E-state index contributed by atoms with van der Waals surface area (Å²) in [6.45, 7) is 0. The van der Waals surface area contributed by atoms with E-state index in [0.29, 0.717) is 0 Å². The maximum absolute atomic E-state index is 6.37. The van der Waals surface area contributed by atoms with Crippen LogP contribution in [-0.2, 0) is 0 Å². The van der Waals surface area contributed by atoms with E-state index in [-0.39, 0.29) is 0 Å². The van der Waals surface area contributed by atoms with Gasteiger partial charge in [-0.2, -0.15) is 0 Å². The number of hydrogen-bond donors (Lipinski definition) is 0. The number of anilines is 3. The third-order valence-electron chi connectivity index (χ3n) is 5.98. The molecule has 0 radical (unpaired) electrons. The SMILES string of the molecule is COc1cccc(Sc2cc(N(c3ccccc3)c3ccccc3)c3c(c2)oc2ccccc23)c1. The van der Waals surface area contributed by atoms with E-state index in [1.807, 2.05) is 36.4 Å². The minimum Gasteiger partial charge on any atom is -0.497 e. The van der Waals surface area contributed by atoms with Crippen LogP contribution in [0, 0.1) is 0 Å². The Balaban J connectivity index is 1.61. The third-order valence-corrected chi connectivity index (χ3v) is 6.94. The predicted octanol–water partition coefficient (Wildman–Crippen LogP) is 9.22. The zero-order chi connectivity index (χ0) is 23.6. The van der Waals surface area contributed by atoms with Crippen molar-refractivity contribution in [3.05, 3.63) is 121 Å². The van der Waals surface area contributed by atoms with E-state index in [1.165, 1.54) is 0 Å². The highest BCUT2D eigenvalue weighted by Gasteiger charge is 2.20. The Kier molecular flexibility index (Phi) is 5.65. The number of nitrogens with zero attached hydrogens (tertiary/aromatic N) is 1. The fourth-order valence-electron chi connectivity index (χ4n) is 4.43. The molecule has 1 aromatic heterocycles. The molecule has 0 aliphatic carbocycles. The van der Waals surface area contributed by atoms with Crippen molar-refractivity contribution in [3.63, 3.8) is 0 Å².